The molecule has 1 aromatic carbocycles. The van der Waals surface area contributed by atoms with Gasteiger partial charge in [-0.15, -0.1) is 11.3 Å². The Kier molecular flexibility index (Phi) is 2.46. The summed E-state index contributed by atoms with van der Waals surface area (Å²) in [5, 5.41) is 11.2. The van der Waals surface area contributed by atoms with Gasteiger partial charge in [-0.1, -0.05) is 17.7 Å². The van der Waals surface area contributed by atoms with Crippen LogP contribution in [0.2, 0.25) is 5.02 Å². The van der Waals surface area contributed by atoms with Gasteiger partial charge in [0, 0.05) is 6.20 Å². The first kappa shape index (κ1) is 10.5. The van der Waals surface area contributed by atoms with Crippen molar-refractivity contribution in [2.45, 2.75) is 0 Å². The molecule has 0 spiro atoms. The predicted molar refractivity (Wildman–Crippen MR) is 69.5 cm³/mol. The lowest BCUT2D eigenvalue weighted by molar-refractivity contribution is 0.474. The summed E-state index contributed by atoms with van der Waals surface area (Å²) in [6.45, 7) is 0. The van der Waals surface area contributed by atoms with Gasteiger partial charge < -0.3 is 5.11 Å². The Morgan fingerprint density at radius 1 is 1.24 bits per heavy atom. The molecule has 0 fully saturated rings. The zero-order valence-corrected chi connectivity index (χ0v) is 10.2. The monoisotopic (exact) mass is 262 g/mol. The van der Waals surface area contributed by atoms with E-state index in [9.17, 15) is 5.11 Å². The van der Waals surface area contributed by atoms with Gasteiger partial charge in [0.2, 0.25) is 0 Å². The highest BCUT2D eigenvalue weighted by atomic mass is 35.5. The van der Waals surface area contributed by atoms with Crippen molar-refractivity contribution in [3.8, 4) is 16.3 Å². The number of thiazole rings is 1. The summed E-state index contributed by atoms with van der Waals surface area (Å²) < 4.78 is 0.931. The molecule has 0 saturated heterocycles. The molecule has 5 heteroatoms. The second kappa shape index (κ2) is 3.98. The highest BCUT2D eigenvalue weighted by Crippen LogP contribution is 2.37. The van der Waals surface area contributed by atoms with Crippen molar-refractivity contribution in [2.75, 3.05) is 0 Å². The van der Waals surface area contributed by atoms with Gasteiger partial charge in [-0.25, -0.2) is 4.98 Å². The van der Waals surface area contributed by atoms with Crippen LogP contribution in [-0.4, -0.2) is 15.1 Å². The van der Waals surface area contributed by atoms with E-state index in [-0.39, 0.29) is 5.75 Å². The van der Waals surface area contributed by atoms with E-state index in [1.54, 1.807) is 12.3 Å². The van der Waals surface area contributed by atoms with Gasteiger partial charge in [-0.05, 0) is 18.2 Å². The number of aromatic hydroxyl groups is 1. The predicted octanol–water partition coefficient (Wildman–Crippen LogP) is 3.72. The van der Waals surface area contributed by atoms with Crippen LogP contribution < -0.4 is 0 Å². The summed E-state index contributed by atoms with van der Waals surface area (Å²) in [7, 11) is 0. The lowest BCUT2D eigenvalue weighted by Crippen LogP contribution is -1.78. The molecule has 3 nitrogen and oxygen atoms in total. The molecule has 0 bridgehead atoms. The summed E-state index contributed by atoms with van der Waals surface area (Å²) in [5.74, 6) is 0.127. The van der Waals surface area contributed by atoms with E-state index in [0.717, 1.165) is 15.2 Å². The van der Waals surface area contributed by atoms with Gasteiger partial charge in [-0.3, -0.25) is 4.98 Å². The van der Waals surface area contributed by atoms with E-state index < -0.39 is 0 Å². The molecule has 0 unspecified atom stereocenters. The second-order valence-corrected chi connectivity index (χ2v) is 4.91. The van der Waals surface area contributed by atoms with Crippen molar-refractivity contribution >= 4 is 33.2 Å². The molecule has 2 heterocycles. The van der Waals surface area contributed by atoms with Crippen molar-refractivity contribution in [1.82, 2.24) is 9.97 Å². The highest BCUT2D eigenvalue weighted by Gasteiger charge is 2.11. The molecule has 84 valence electrons. The number of benzene rings is 1. The first-order chi connectivity index (χ1) is 8.25. The number of pyridine rings is 1. The highest BCUT2D eigenvalue weighted by molar-refractivity contribution is 7.22. The largest absolute Gasteiger partial charge is 0.506 e. The fourth-order valence-electron chi connectivity index (χ4n) is 1.60. The van der Waals surface area contributed by atoms with Gasteiger partial charge in [0.05, 0.1) is 27.0 Å². The van der Waals surface area contributed by atoms with Crippen LogP contribution in [0.1, 0.15) is 0 Å². The van der Waals surface area contributed by atoms with E-state index in [2.05, 4.69) is 9.97 Å². The Labute approximate surface area is 106 Å². The number of aromatic nitrogens is 2. The van der Waals surface area contributed by atoms with Gasteiger partial charge >= 0.3 is 0 Å². The van der Waals surface area contributed by atoms with Crippen LogP contribution in [0.3, 0.4) is 0 Å². The zero-order valence-electron chi connectivity index (χ0n) is 8.59. The third-order valence-corrected chi connectivity index (χ3v) is 3.96. The van der Waals surface area contributed by atoms with Crippen LogP contribution in [-0.2, 0) is 0 Å². The molecule has 2 aromatic heterocycles. The van der Waals surface area contributed by atoms with Crippen molar-refractivity contribution in [1.29, 1.82) is 0 Å². The fraction of sp³-hybridized carbons (Fsp3) is 0. The molecule has 0 aliphatic carbocycles. The number of hydrogen-bond donors (Lipinski definition) is 1. The van der Waals surface area contributed by atoms with Crippen LogP contribution in [0.4, 0.5) is 0 Å². The molecule has 0 atom stereocenters. The van der Waals surface area contributed by atoms with E-state index in [1.807, 2.05) is 18.2 Å². The number of halogens is 1. The van der Waals surface area contributed by atoms with Crippen LogP contribution in [0.25, 0.3) is 20.8 Å². The third-order valence-electron chi connectivity index (χ3n) is 2.40. The summed E-state index contributed by atoms with van der Waals surface area (Å²) in [6.07, 6.45) is 3.03. The topological polar surface area (TPSA) is 46.0 Å². The summed E-state index contributed by atoms with van der Waals surface area (Å²) in [5.41, 5.74) is 1.52. The van der Waals surface area contributed by atoms with E-state index in [1.165, 1.54) is 17.5 Å². The first-order valence-corrected chi connectivity index (χ1v) is 6.13. The van der Waals surface area contributed by atoms with Crippen LogP contribution in [0.15, 0.2) is 36.7 Å². The molecule has 3 aromatic rings. The Hall–Kier alpha value is -1.65. The quantitative estimate of drug-likeness (QED) is 0.727. The normalized spacial score (nSPS) is 10.9. The molecule has 0 aliphatic heterocycles. The minimum atomic E-state index is 0.127. The molecular weight excluding hydrogens is 256 g/mol. The second-order valence-electron chi connectivity index (χ2n) is 3.50. The summed E-state index contributed by atoms with van der Waals surface area (Å²) in [6, 6.07) is 7.33. The van der Waals surface area contributed by atoms with Crippen molar-refractivity contribution < 1.29 is 5.11 Å². The van der Waals surface area contributed by atoms with Crippen LogP contribution >= 0.6 is 22.9 Å². The lowest BCUT2D eigenvalue weighted by atomic mass is 10.2. The van der Waals surface area contributed by atoms with Crippen molar-refractivity contribution in [2.24, 2.45) is 0 Å². The molecule has 17 heavy (non-hydrogen) atoms. The van der Waals surface area contributed by atoms with Crippen molar-refractivity contribution in [3.63, 3.8) is 0 Å². The van der Waals surface area contributed by atoms with Crippen molar-refractivity contribution in [3.05, 3.63) is 41.7 Å². The lowest BCUT2D eigenvalue weighted by Gasteiger charge is -1.97. The minimum Gasteiger partial charge on any atom is -0.506 e. The summed E-state index contributed by atoms with van der Waals surface area (Å²) in [4.78, 5) is 8.29. The number of rotatable bonds is 1. The molecule has 1 N–H and O–H groups in total. The first-order valence-electron chi connectivity index (χ1n) is 4.94. The standard InChI is InChI=1S/C12H7ClN2OS/c13-8-2-1-3-9-11(8)17-12(15-9)7-4-5-14-6-10(7)16/h1-6,16H. The Morgan fingerprint density at radius 3 is 2.88 bits per heavy atom. The molecule has 0 saturated carbocycles. The molecule has 0 radical (unpaired) electrons. The minimum absolute atomic E-state index is 0.127. The van der Waals surface area contributed by atoms with Gasteiger partial charge in [0.15, 0.2) is 0 Å². The molecule has 0 aliphatic rings. The average molecular weight is 263 g/mol. The van der Waals surface area contributed by atoms with Crippen LogP contribution in [0, 0.1) is 0 Å². The number of fused-ring (bicyclic) bond motifs is 1. The maximum Gasteiger partial charge on any atom is 0.144 e. The molecular formula is C12H7ClN2OS. The number of hydrogen-bond acceptors (Lipinski definition) is 4. The van der Waals surface area contributed by atoms with Gasteiger partial charge in [0.25, 0.3) is 0 Å². The fourth-order valence-corrected chi connectivity index (χ4v) is 2.89. The Morgan fingerprint density at radius 2 is 2.12 bits per heavy atom. The number of nitrogens with zero attached hydrogens (tertiary/aromatic N) is 2. The molecule has 0 amide bonds. The van der Waals surface area contributed by atoms with Gasteiger partial charge in [0.1, 0.15) is 10.8 Å². The smallest absolute Gasteiger partial charge is 0.144 e. The van der Waals surface area contributed by atoms with Crippen LogP contribution in [0.5, 0.6) is 5.75 Å². The Bertz CT molecular complexity index is 696. The van der Waals surface area contributed by atoms with Gasteiger partial charge in [-0.2, -0.15) is 0 Å². The third kappa shape index (κ3) is 1.75. The van der Waals surface area contributed by atoms with E-state index in [0.29, 0.717) is 10.6 Å². The SMILES string of the molecule is Oc1cnccc1-c1nc2cccc(Cl)c2s1. The average Bonchev–Trinajstić information content (AvgIpc) is 2.75. The maximum absolute atomic E-state index is 9.73. The maximum atomic E-state index is 9.73. The van der Waals surface area contributed by atoms with E-state index >= 15 is 0 Å². The molecule has 3 rings (SSSR count). The summed E-state index contributed by atoms with van der Waals surface area (Å²) >= 11 is 7.55. The zero-order chi connectivity index (χ0) is 11.8. The van der Waals surface area contributed by atoms with E-state index in [4.69, 9.17) is 11.6 Å². The Balaban J connectivity index is 2.26.